The Morgan fingerprint density at radius 3 is 2.80 bits per heavy atom. The van der Waals surface area contributed by atoms with Crippen LogP contribution in [0, 0.1) is 5.82 Å². The minimum absolute atomic E-state index is 0.167. The molecule has 0 radical (unpaired) electrons. The minimum Gasteiger partial charge on any atom is -0.484 e. The number of aromatic nitrogens is 5. The maximum atomic E-state index is 13.0. The Morgan fingerprint density at radius 2 is 2.00 bits per heavy atom. The second kappa shape index (κ2) is 6.52. The van der Waals surface area contributed by atoms with E-state index in [0.29, 0.717) is 17.4 Å². The molecule has 124 valence electrons. The second-order valence-corrected chi connectivity index (χ2v) is 5.17. The highest BCUT2D eigenvalue weighted by Gasteiger charge is 2.08. The van der Waals surface area contributed by atoms with Crippen LogP contribution in [-0.4, -0.2) is 25.2 Å². The maximum Gasteiger partial charge on any atom is 0.232 e. The lowest BCUT2D eigenvalue weighted by Gasteiger charge is -2.05. The highest BCUT2D eigenvalue weighted by Crippen LogP contribution is 2.22. The monoisotopic (exact) mass is 337 g/mol. The molecule has 8 heteroatoms. The molecule has 2 aromatic carbocycles. The first-order chi connectivity index (χ1) is 12.3. The predicted octanol–water partition coefficient (Wildman–Crippen LogP) is 3.04. The molecule has 0 saturated heterocycles. The highest BCUT2D eigenvalue weighted by molar-refractivity contribution is 5.55. The van der Waals surface area contributed by atoms with Crippen LogP contribution in [0.4, 0.5) is 4.39 Å². The van der Waals surface area contributed by atoms with Gasteiger partial charge in [0.15, 0.2) is 12.4 Å². The van der Waals surface area contributed by atoms with E-state index in [-0.39, 0.29) is 12.4 Å². The molecule has 0 fully saturated rings. The number of benzene rings is 2. The molecule has 0 bridgehead atoms. The van der Waals surface area contributed by atoms with Crippen molar-refractivity contribution in [3.63, 3.8) is 0 Å². The van der Waals surface area contributed by atoms with Gasteiger partial charge in [-0.2, -0.15) is 0 Å². The van der Waals surface area contributed by atoms with Gasteiger partial charge in [0, 0.05) is 11.6 Å². The van der Waals surface area contributed by atoms with E-state index in [1.54, 1.807) is 24.4 Å². The van der Waals surface area contributed by atoms with Gasteiger partial charge in [-0.25, -0.2) is 14.1 Å². The van der Waals surface area contributed by atoms with Gasteiger partial charge >= 0.3 is 0 Å². The summed E-state index contributed by atoms with van der Waals surface area (Å²) in [6, 6.07) is 13.3. The van der Waals surface area contributed by atoms with E-state index in [4.69, 9.17) is 9.15 Å². The molecule has 0 atom stereocenters. The van der Waals surface area contributed by atoms with E-state index in [9.17, 15) is 4.39 Å². The van der Waals surface area contributed by atoms with Crippen LogP contribution in [0.15, 0.2) is 65.5 Å². The van der Waals surface area contributed by atoms with E-state index in [0.717, 1.165) is 11.3 Å². The standard InChI is InChI=1S/C17H12FN5O2/c18-13-6-4-12(5-7-13)16-9-19-17(25-16)10-24-15-3-1-2-14(8-15)23-11-20-21-22-23/h1-9,11H,10H2. The Morgan fingerprint density at radius 1 is 1.12 bits per heavy atom. The Kier molecular flexibility index (Phi) is 3.91. The van der Waals surface area contributed by atoms with Crippen LogP contribution in [0.2, 0.25) is 0 Å². The van der Waals surface area contributed by atoms with Crippen molar-refractivity contribution in [3.8, 4) is 22.8 Å². The zero-order valence-electron chi connectivity index (χ0n) is 12.9. The van der Waals surface area contributed by atoms with Gasteiger partial charge in [0.25, 0.3) is 0 Å². The van der Waals surface area contributed by atoms with Gasteiger partial charge in [-0.05, 0) is 46.8 Å². The lowest BCUT2D eigenvalue weighted by Crippen LogP contribution is -1.98. The molecular formula is C17H12FN5O2. The molecule has 4 rings (SSSR count). The number of halogens is 1. The summed E-state index contributed by atoms with van der Waals surface area (Å²) in [5.41, 5.74) is 1.53. The topological polar surface area (TPSA) is 78.9 Å². The molecule has 0 N–H and O–H groups in total. The van der Waals surface area contributed by atoms with Gasteiger partial charge in [0.05, 0.1) is 11.9 Å². The molecule has 2 heterocycles. The number of hydrogen-bond donors (Lipinski definition) is 0. The molecule has 0 aliphatic heterocycles. The van der Waals surface area contributed by atoms with Gasteiger partial charge in [-0.1, -0.05) is 6.07 Å². The maximum absolute atomic E-state index is 13.0. The van der Waals surface area contributed by atoms with Crippen molar-refractivity contribution >= 4 is 0 Å². The zero-order valence-corrected chi connectivity index (χ0v) is 12.9. The summed E-state index contributed by atoms with van der Waals surface area (Å²) < 4.78 is 25.8. The fraction of sp³-hybridized carbons (Fsp3) is 0.0588. The lowest BCUT2D eigenvalue weighted by atomic mass is 10.2. The van der Waals surface area contributed by atoms with Crippen LogP contribution in [0.3, 0.4) is 0 Å². The van der Waals surface area contributed by atoms with Crippen LogP contribution >= 0.6 is 0 Å². The molecule has 2 aromatic heterocycles. The summed E-state index contributed by atoms with van der Waals surface area (Å²) in [4.78, 5) is 4.18. The molecule has 0 unspecified atom stereocenters. The Bertz CT molecular complexity index is 967. The van der Waals surface area contributed by atoms with Gasteiger partial charge < -0.3 is 9.15 Å². The lowest BCUT2D eigenvalue weighted by molar-refractivity contribution is 0.264. The van der Waals surface area contributed by atoms with Crippen LogP contribution < -0.4 is 4.74 Å². The van der Waals surface area contributed by atoms with Gasteiger partial charge in [-0.15, -0.1) is 5.10 Å². The number of tetrazole rings is 1. The third-order valence-electron chi connectivity index (χ3n) is 3.48. The fourth-order valence-corrected chi connectivity index (χ4v) is 2.27. The molecule has 0 aliphatic rings. The quantitative estimate of drug-likeness (QED) is 0.557. The van der Waals surface area contributed by atoms with Crippen molar-refractivity contribution in [1.82, 2.24) is 25.2 Å². The molecule has 25 heavy (non-hydrogen) atoms. The Hall–Kier alpha value is -3.55. The molecule has 4 aromatic rings. The molecule has 0 aliphatic carbocycles. The number of rotatable bonds is 5. The largest absolute Gasteiger partial charge is 0.484 e. The minimum atomic E-state index is -0.297. The third-order valence-corrected chi connectivity index (χ3v) is 3.48. The first-order valence-corrected chi connectivity index (χ1v) is 7.45. The van der Waals surface area contributed by atoms with Crippen molar-refractivity contribution in [2.75, 3.05) is 0 Å². The van der Waals surface area contributed by atoms with Crippen LogP contribution in [0.1, 0.15) is 5.89 Å². The summed E-state index contributed by atoms with van der Waals surface area (Å²) in [5, 5.41) is 11.0. The second-order valence-electron chi connectivity index (χ2n) is 5.17. The fourth-order valence-electron chi connectivity index (χ4n) is 2.27. The summed E-state index contributed by atoms with van der Waals surface area (Å²) >= 11 is 0. The van der Waals surface area contributed by atoms with Crippen molar-refractivity contribution in [1.29, 1.82) is 0 Å². The first-order valence-electron chi connectivity index (χ1n) is 7.45. The SMILES string of the molecule is Fc1ccc(-c2cnc(COc3cccc(-n4cnnn4)c3)o2)cc1. The molecular weight excluding hydrogens is 325 g/mol. The van der Waals surface area contributed by atoms with E-state index >= 15 is 0 Å². The van der Waals surface area contributed by atoms with Crippen LogP contribution in [-0.2, 0) is 6.61 Å². The van der Waals surface area contributed by atoms with Gasteiger partial charge in [0.2, 0.25) is 5.89 Å². The molecule has 7 nitrogen and oxygen atoms in total. The number of nitrogens with zero attached hydrogens (tertiary/aromatic N) is 5. The normalized spacial score (nSPS) is 10.8. The van der Waals surface area contributed by atoms with Crippen LogP contribution in [0.25, 0.3) is 17.0 Å². The Balaban J connectivity index is 1.45. The van der Waals surface area contributed by atoms with Crippen molar-refractivity contribution in [2.24, 2.45) is 0 Å². The molecule has 0 amide bonds. The number of oxazole rings is 1. The average molecular weight is 337 g/mol. The Labute approximate surface area is 141 Å². The van der Waals surface area contributed by atoms with E-state index in [1.165, 1.54) is 23.1 Å². The summed E-state index contributed by atoms with van der Waals surface area (Å²) in [7, 11) is 0. The smallest absolute Gasteiger partial charge is 0.232 e. The predicted molar refractivity (Wildman–Crippen MR) is 85.4 cm³/mol. The van der Waals surface area contributed by atoms with E-state index in [2.05, 4.69) is 20.5 Å². The van der Waals surface area contributed by atoms with Crippen molar-refractivity contribution in [3.05, 3.63) is 72.8 Å². The first kappa shape index (κ1) is 15.0. The summed E-state index contributed by atoms with van der Waals surface area (Å²) in [6.07, 6.45) is 3.09. The van der Waals surface area contributed by atoms with Gasteiger partial charge in [-0.3, -0.25) is 0 Å². The average Bonchev–Trinajstić information content (AvgIpc) is 3.33. The summed E-state index contributed by atoms with van der Waals surface area (Å²) in [6.45, 7) is 0.167. The molecule has 0 spiro atoms. The highest BCUT2D eigenvalue weighted by atomic mass is 19.1. The number of hydrogen-bond acceptors (Lipinski definition) is 6. The zero-order chi connectivity index (χ0) is 17.1. The van der Waals surface area contributed by atoms with Crippen molar-refractivity contribution in [2.45, 2.75) is 6.61 Å². The van der Waals surface area contributed by atoms with Gasteiger partial charge in [0.1, 0.15) is 17.9 Å². The van der Waals surface area contributed by atoms with E-state index in [1.807, 2.05) is 18.2 Å². The number of ether oxygens (including phenoxy) is 1. The molecule has 0 saturated carbocycles. The third kappa shape index (κ3) is 3.37. The van der Waals surface area contributed by atoms with Crippen molar-refractivity contribution < 1.29 is 13.5 Å². The van der Waals surface area contributed by atoms with E-state index < -0.39 is 0 Å². The van der Waals surface area contributed by atoms with Crippen LogP contribution in [0.5, 0.6) is 5.75 Å². The summed E-state index contributed by atoms with van der Waals surface area (Å²) in [5.74, 6) is 1.32.